The van der Waals surface area contributed by atoms with E-state index in [1.165, 1.54) is 7.11 Å². The van der Waals surface area contributed by atoms with Crippen molar-refractivity contribution in [3.05, 3.63) is 52.6 Å². The minimum atomic E-state index is -0.403. The maximum Gasteiger partial charge on any atom is 0.336 e. The number of nitrogens with zero attached hydrogens (tertiary/aromatic N) is 2. The summed E-state index contributed by atoms with van der Waals surface area (Å²) in [5.41, 5.74) is 3.95. The first-order chi connectivity index (χ1) is 11.0. The van der Waals surface area contributed by atoms with Crippen molar-refractivity contribution in [3.63, 3.8) is 0 Å². The van der Waals surface area contributed by atoms with Gasteiger partial charge in [-0.05, 0) is 31.1 Å². The van der Waals surface area contributed by atoms with E-state index in [2.05, 4.69) is 4.98 Å². The molecule has 1 unspecified atom stereocenters. The van der Waals surface area contributed by atoms with Gasteiger partial charge in [0, 0.05) is 36.8 Å². The summed E-state index contributed by atoms with van der Waals surface area (Å²) >= 11 is 0. The lowest BCUT2D eigenvalue weighted by Gasteiger charge is -2.36. The third-order valence-corrected chi connectivity index (χ3v) is 4.23. The smallest absolute Gasteiger partial charge is 0.336 e. The highest BCUT2D eigenvalue weighted by molar-refractivity contribution is 5.92. The lowest BCUT2D eigenvalue weighted by atomic mass is 9.81. The minimum absolute atomic E-state index is 0.104. The van der Waals surface area contributed by atoms with Gasteiger partial charge in [-0.15, -0.1) is 0 Å². The molecule has 6 heteroatoms. The average Bonchev–Trinajstić information content (AvgIpc) is 2.58. The van der Waals surface area contributed by atoms with Crippen molar-refractivity contribution in [1.29, 1.82) is 0 Å². The van der Waals surface area contributed by atoms with E-state index < -0.39 is 5.97 Å². The molecule has 0 bridgehead atoms. The number of aromatic nitrogens is 1. The van der Waals surface area contributed by atoms with Gasteiger partial charge in [-0.3, -0.25) is 9.78 Å². The zero-order valence-electron chi connectivity index (χ0n) is 13.7. The zero-order chi connectivity index (χ0) is 17.0. The van der Waals surface area contributed by atoms with E-state index >= 15 is 0 Å². The van der Waals surface area contributed by atoms with Gasteiger partial charge in [-0.25, -0.2) is 4.79 Å². The fourth-order valence-corrected chi connectivity index (χ4v) is 2.84. The maximum absolute atomic E-state index is 12.4. The number of carbonyl (C=O) groups is 2. The molecular weight excluding hydrogens is 296 g/mol. The standard InChI is InChI=1S/C17H20N2O4/c1-11-14(9-23-10-20)16(13-6-5-7-18-8-13)15(17(21)22-4)12(2)19(11)3/h5-8,10,16H,9H2,1-4H3. The first-order valence-corrected chi connectivity index (χ1v) is 7.20. The summed E-state index contributed by atoms with van der Waals surface area (Å²) in [7, 11) is 3.23. The van der Waals surface area contributed by atoms with Crippen molar-refractivity contribution < 1.29 is 19.1 Å². The van der Waals surface area contributed by atoms with Gasteiger partial charge in [0.1, 0.15) is 6.61 Å². The Balaban J connectivity index is 2.63. The maximum atomic E-state index is 12.4. The fourth-order valence-electron chi connectivity index (χ4n) is 2.84. The Kier molecular flexibility index (Phi) is 5.16. The summed E-state index contributed by atoms with van der Waals surface area (Å²) in [5.74, 6) is -0.758. The summed E-state index contributed by atoms with van der Waals surface area (Å²) in [6.45, 7) is 4.32. The van der Waals surface area contributed by atoms with E-state index in [0.717, 1.165) is 22.5 Å². The molecule has 0 amide bonds. The van der Waals surface area contributed by atoms with E-state index in [4.69, 9.17) is 9.47 Å². The fraction of sp³-hybridized carbons (Fsp3) is 0.353. The molecule has 1 aliphatic rings. The molecule has 2 rings (SSSR count). The Morgan fingerprint density at radius 2 is 2.13 bits per heavy atom. The highest BCUT2D eigenvalue weighted by Gasteiger charge is 2.35. The number of allylic oxidation sites excluding steroid dienone is 2. The predicted octanol–water partition coefficient (Wildman–Crippen LogP) is 2.00. The van der Waals surface area contributed by atoms with Crippen LogP contribution in [0.5, 0.6) is 0 Å². The van der Waals surface area contributed by atoms with Gasteiger partial charge in [-0.1, -0.05) is 6.07 Å². The first kappa shape index (κ1) is 16.7. The Morgan fingerprint density at radius 1 is 1.39 bits per heavy atom. The number of ether oxygens (including phenoxy) is 2. The number of hydrogen-bond acceptors (Lipinski definition) is 6. The Labute approximate surface area is 135 Å². The number of carbonyl (C=O) groups excluding carboxylic acids is 2. The van der Waals surface area contributed by atoms with Crippen molar-refractivity contribution in [2.24, 2.45) is 0 Å². The number of hydrogen-bond donors (Lipinski definition) is 0. The highest BCUT2D eigenvalue weighted by Crippen LogP contribution is 2.41. The minimum Gasteiger partial charge on any atom is -0.466 e. The normalized spacial score (nSPS) is 18.1. The van der Waals surface area contributed by atoms with Crippen molar-refractivity contribution in [1.82, 2.24) is 9.88 Å². The second-order valence-corrected chi connectivity index (χ2v) is 5.29. The van der Waals surface area contributed by atoms with Crippen LogP contribution >= 0.6 is 0 Å². The third kappa shape index (κ3) is 3.11. The second kappa shape index (κ2) is 7.09. The molecule has 1 aromatic heterocycles. The lowest BCUT2D eigenvalue weighted by molar-refractivity contribution is -0.136. The highest BCUT2D eigenvalue weighted by atomic mass is 16.5. The molecule has 1 atom stereocenters. The molecular formula is C17H20N2O4. The van der Waals surface area contributed by atoms with E-state index in [1.54, 1.807) is 12.4 Å². The summed E-state index contributed by atoms with van der Waals surface area (Å²) in [6, 6.07) is 3.71. The molecule has 0 radical (unpaired) electrons. The van der Waals surface area contributed by atoms with Crippen LogP contribution < -0.4 is 0 Å². The molecule has 122 valence electrons. The van der Waals surface area contributed by atoms with Crippen LogP contribution in [0.1, 0.15) is 25.3 Å². The first-order valence-electron chi connectivity index (χ1n) is 7.20. The van der Waals surface area contributed by atoms with E-state index in [9.17, 15) is 9.59 Å². The van der Waals surface area contributed by atoms with Crippen LogP contribution in [-0.4, -0.2) is 43.1 Å². The molecule has 6 nitrogen and oxygen atoms in total. The van der Waals surface area contributed by atoms with Gasteiger partial charge < -0.3 is 14.4 Å². The number of methoxy groups -OCH3 is 1. The molecule has 2 heterocycles. The number of esters is 1. The van der Waals surface area contributed by atoms with Gasteiger partial charge in [0.2, 0.25) is 0 Å². The number of pyridine rings is 1. The number of rotatable bonds is 5. The van der Waals surface area contributed by atoms with E-state index in [0.29, 0.717) is 12.0 Å². The molecule has 1 aliphatic heterocycles. The summed E-state index contributed by atoms with van der Waals surface area (Å²) in [4.78, 5) is 29.1. The summed E-state index contributed by atoms with van der Waals surface area (Å²) < 4.78 is 9.95. The molecule has 0 aliphatic carbocycles. The molecule has 0 fully saturated rings. The quantitative estimate of drug-likeness (QED) is 0.611. The van der Waals surface area contributed by atoms with Crippen LogP contribution in [-0.2, 0) is 19.1 Å². The zero-order valence-corrected chi connectivity index (χ0v) is 13.7. The lowest BCUT2D eigenvalue weighted by Crippen LogP contribution is -2.31. The molecule has 0 saturated carbocycles. The Morgan fingerprint density at radius 3 is 2.70 bits per heavy atom. The van der Waals surface area contributed by atoms with E-state index in [1.807, 2.05) is 37.9 Å². The summed E-state index contributed by atoms with van der Waals surface area (Å²) in [5, 5.41) is 0. The van der Waals surface area contributed by atoms with Gasteiger partial charge in [0.25, 0.3) is 6.47 Å². The van der Waals surface area contributed by atoms with Gasteiger partial charge in [0.05, 0.1) is 12.7 Å². The van der Waals surface area contributed by atoms with Gasteiger partial charge in [-0.2, -0.15) is 0 Å². The van der Waals surface area contributed by atoms with Crippen LogP contribution in [0.15, 0.2) is 47.1 Å². The molecule has 0 aromatic carbocycles. The SMILES string of the molecule is COC(=O)C1=C(C)N(C)C(C)=C(COC=O)C1c1cccnc1. The Bertz CT molecular complexity index is 664. The second-order valence-electron chi connectivity index (χ2n) is 5.29. The Hall–Kier alpha value is -2.63. The molecule has 23 heavy (non-hydrogen) atoms. The van der Waals surface area contributed by atoms with Crippen molar-refractivity contribution in [3.8, 4) is 0 Å². The van der Waals surface area contributed by atoms with Crippen molar-refractivity contribution >= 4 is 12.4 Å². The van der Waals surface area contributed by atoms with E-state index in [-0.39, 0.29) is 12.5 Å². The molecule has 0 saturated heterocycles. The van der Waals surface area contributed by atoms with Gasteiger partial charge in [0.15, 0.2) is 0 Å². The molecule has 0 spiro atoms. The van der Waals surface area contributed by atoms with Crippen molar-refractivity contribution in [2.45, 2.75) is 19.8 Å². The molecule has 0 N–H and O–H groups in total. The predicted molar refractivity (Wildman–Crippen MR) is 84.2 cm³/mol. The van der Waals surface area contributed by atoms with Crippen LogP contribution in [0.3, 0.4) is 0 Å². The third-order valence-electron chi connectivity index (χ3n) is 4.23. The van der Waals surface area contributed by atoms with Crippen molar-refractivity contribution in [2.75, 3.05) is 20.8 Å². The molecule has 1 aromatic rings. The largest absolute Gasteiger partial charge is 0.466 e. The average molecular weight is 316 g/mol. The van der Waals surface area contributed by atoms with Crippen LogP contribution in [0, 0.1) is 0 Å². The van der Waals surface area contributed by atoms with Crippen LogP contribution in [0.25, 0.3) is 0 Å². The van der Waals surface area contributed by atoms with Crippen LogP contribution in [0.4, 0.5) is 0 Å². The van der Waals surface area contributed by atoms with Gasteiger partial charge >= 0.3 is 5.97 Å². The summed E-state index contributed by atoms with van der Waals surface area (Å²) in [6.07, 6.45) is 3.38. The topological polar surface area (TPSA) is 68.7 Å². The monoisotopic (exact) mass is 316 g/mol. The van der Waals surface area contributed by atoms with Crippen LogP contribution in [0.2, 0.25) is 0 Å².